The summed E-state index contributed by atoms with van der Waals surface area (Å²) in [4.78, 5) is 3.84. The third kappa shape index (κ3) is 1.64. The van der Waals surface area contributed by atoms with Crippen LogP contribution in [-0.2, 0) is 0 Å². The summed E-state index contributed by atoms with van der Waals surface area (Å²) in [6.07, 6.45) is 3.40. The van der Waals surface area contributed by atoms with Crippen LogP contribution in [0.1, 0.15) is 5.69 Å². The molecule has 0 aliphatic heterocycles. The van der Waals surface area contributed by atoms with Gasteiger partial charge < -0.3 is 0 Å². The van der Waals surface area contributed by atoms with Crippen LogP contribution in [0.5, 0.6) is 0 Å². The first-order chi connectivity index (χ1) is 4.43. The Morgan fingerprint density at radius 3 is 2.89 bits per heavy atom. The maximum absolute atomic E-state index is 11.5. The number of rotatable bonds is 1. The summed E-state index contributed by atoms with van der Waals surface area (Å²) in [5.41, 5.74) is 0.639. The van der Waals surface area contributed by atoms with Crippen LogP contribution in [0, 0.1) is 0 Å². The van der Waals surface area contributed by atoms with Crippen molar-refractivity contribution >= 4 is 6.08 Å². The number of halogens is 1. The molecule has 0 bridgehead atoms. The summed E-state index contributed by atoms with van der Waals surface area (Å²) in [7, 11) is 0. The van der Waals surface area contributed by atoms with Gasteiger partial charge in [0, 0.05) is 6.20 Å². The number of aromatic nitrogens is 1. The van der Waals surface area contributed by atoms with E-state index < -0.39 is 0 Å². The van der Waals surface area contributed by atoms with Gasteiger partial charge in [-0.05, 0) is 18.2 Å². The molecule has 1 aromatic heterocycles. The summed E-state index contributed by atoms with van der Waals surface area (Å²) in [5, 5.41) is 0. The number of hydrogen-bond acceptors (Lipinski definition) is 1. The van der Waals surface area contributed by atoms with Crippen molar-refractivity contribution in [3.63, 3.8) is 0 Å². The number of nitrogens with zero attached hydrogens (tertiary/aromatic N) is 1. The summed E-state index contributed by atoms with van der Waals surface area (Å²) < 4.78 is 11.5. The SMILES string of the molecule is F/C=C\c1ccccn1. The second kappa shape index (κ2) is 2.97. The van der Waals surface area contributed by atoms with Gasteiger partial charge in [0.05, 0.1) is 12.0 Å². The molecule has 2 heteroatoms. The predicted molar refractivity (Wildman–Crippen MR) is 34.4 cm³/mol. The van der Waals surface area contributed by atoms with Crippen molar-refractivity contribution in [1.29, 1.82) is 0 Å². The van der Waals surface area contributed by atoms with Gasteiger partial charge in [-0.1, -0.05) is 6.07 Å². The third-order valence-electron chi connectivity index (χ3n) is 0.922. The number of hydrogen-bond donors (Lipinski definition) is 0. The average Bonchev–Trinajstić information content (AvgIpc) is 1.91. The standard InChI is InChI=1S/C7H6FN/c8-5-4-7-3-1-2-6-9-7/h1-6H/b5-4-. The normalized spacial score (nSPS) is 10.3. The summed E-state index contributed by atoms with van der Waals surface area (Å²) in [6, 6.07) is 5.33. The molecule has 0 unspecified atom stereocenters. The van der Waals surface area contributed by atoms with E-state index in [0.717, 1.165) is 0 Å². The van der Waals surface area contributed by atoms with Crippen molar-refractivity contribution in [2.45, 2.75) is 0 Å². The van der Waals surface area contributed by atoms with Crippen LogP contribution in [0.3, 0.4) is 0 Å². The lowest BCUT2D eigenvalue weighted by Crippen LogP contribution is -1.74. The molecule has 0 aromatic carbocycles. The van der Waals surface area contributed by atoms with Gasteiger partial charge in [0.2, 0.25) is 0 Å². The van der Waals surface area contributed by atoms with Crippen molar-refractivity contribution < 1.29 is 4.39 Å². The van der Waals surface area contributed by atoms with Crippen LogP contribution in [-0.4, -0.2) is 4.98 Å². The van der Waals surface area contributed by atoms with Crippen molar-refractivity contribution in [2.24, 2.45) is 0 Å². The maximum Gasteiger partial charge on any atom is 0.0888 e. The Hall–Kier alpha value is -1.18. The summed E-state index contributed by atoms with van der Waals surface area (Å²) in [5.74, 6) is 0. The van der Waals surface area contributed by atoms with Crippen molar-refractivity contribution in [3.05, 3.63) is 36.4 Å². The zero-order valence-electron chi connectivity index (χ0n) is 4.79. The van der Waals surface area contributed by atoms with E-state index in [4.69, 9.17) is 0 Å². The molecule has 0 amide bonds. The Balaban J connectivity index is 2.85. The molecule has 46 valence electrons. The van der Waals surface area contributed by atoms with E-state index in [1.54, 1.807) is 18.3 Å². The predicted octanol–water partition coefficient (Wildman–Crippen LogP) is 2.02. The molecular weight excluding hydrogens is 117 g/mol. The smallest absolute Gasteiger partial charge is 0.0888 e. The molecule has 0 aliphatic rings. The topological polar surface area (TPSA) is 12.9 Å². The Morgan fingerprint density at radius 1 is 1.44 bits per heavy atom. The Morgan fingerprint density at radius 2 is 2.33 bits per heavy atom. The average molecular weight is 123 g/mol. The van der Waals surface area contributed by atoms with Gasteiger partial charge in [0.1, 0.15) is 0 Å². The van der Waals surface area contributed by atoms with E-state index >= 15 is 0 Å². The molecule has 0 N–H and O–H groups in total. The first-order valence-electron chi connectivity index (χ1n) is 2.61. The quantitative estimate of drug-likeness (QED) is 0.556. The fourth-order valence-corrected chi connectivity index (χ4v) is 0.539. The lowest BCUT2D eigenvalue weighted by atomic mass is 10.3. The van der Waals surface area contributed by atoms with Gasteiger partial charge in [0.15, 0.2) is 0 Å². The minimum atomic E-state index is 0.475. The lowest BCUT2D eigenvalue weighted by Gasteiger charge is -1.85. The van der Waals surface area contributed by atoms with E-state index in [9.17, 15) is 4.39 Å². The van der Waals surface area contributed by atoms with Crippen molar-refractivity contribution in [3.8, 4) is 0 Å². The highest BCUT2D eigenvalue weighted by atomic mass is 19.1. The van der Waals surface area contributed by atoms with Crippen LogP contribution in [0.15, 0.2) is 30.7 Å². The highest BCUT2D eigenvalue weighted by Gasteiger charge is 1.80. The maximum atomic E-state index is 11.5. The second-order valence-corrected chi connectivity index (χ2v) is 1.55. The van der Waals surface area contributed by atoms with E-state index in [-0.39, 0.29) is 0 Å². The molecular formula is C7H6FN. The Bertz CT molecular complexity index is 193. The fraction of sp³-hybridized carbons (Fsp3) is 0. The van der Waals surface area contributed by atoms with Gasteiger partial charge in [-0.25, -0.2) is 4.39 Å². The van der Waals surface area contributed by atoms with Gasteiger partial charge in [-0.15, -0.1) is 0 Å². The van der Waals surface area contributed by atoms with Crippen LogP contribution < -0.4 is 0 Å². The second-order valence-electron chi connectivity index (χ2n) is 1.55. The minimum absolute atomic E-state index is 0.475. The van der Waals surface area contributed by atoms with E-state index in [1.807, 2.05) is 6.07 Å². The first kappa shape index (κ1) is 5.95. The molecule has 1 nitrogen and oxygen atoms in total. The van der Waals surface area contributed by atoms with E-state index in [2.05, 4.69) is 4.98 Å². The van der Waals surface area contributed by atoms with Crippen LogP contribution >= 0.6 is 0 Å². The largest absolute Gasteiger partial charge is 0.257 e. The highest BCUT2D eigenvalue weighted by Crippen LogP contribution is 1.95. The van der Waals surface area contributed by atoms with Crippen LogP contribution in [0.4, 0.5) is 4.39 Å². The molecule has 9 heavy (non-hydrogen) atoms. The fourth-order valence-electron chi connectivity index (χ4n) is 0.539. The summed E-state index contributed by atoms with van der Waals surface area (Å²) in [6.45, 7) is 0. The monoisotopic (exact) mass is 123 g/mol. The molecule has 0 aliphatic carbocycles. The molecule has 0 atom stereocenters. The minimum Gasteiger partial charge on any atom is -0.257 e. The van der Waals surface area contributed by atoms with E-state index in [1.165, 1.54) is 6.08 Å². The molecule has 1 aromatic rings. The summed E-state index contributed by atoms with van der Waals surface area (Å²) >= 11 is 0. The van der Waals surface area contributed by atoms with Crippen LogP contribution in [0.25, 0.3) is 6.08 Å². The zero-order valence-corrected chi connectivity index (χ0v) is 4.79. The number of pyridine rings is 1. The molecule has 0 spiro atoms. The van der Waals surface area contributed by atoms with Gasteiger partial charge in [0.25, 0.3) is 0 Å². The van der Waals surface area contributed by atoms with E-state index in [0.29, 0.717) is 12.0 Å². The zero-order chi connectivity index (χ0) is 6.53. The third-order valence-corrected chi connectivity index (χ3v) is 0.922. The molecule has 0 saturated heterocycles. The van der Waals surface area contributed by atoms with Gasteiger partial charge in [-0.3, -0.25) is 4.98 Å². The van der Waals surface area contributed by atoms with Gasteiger partial charge in [-0.2, -0.15) is 0 Å². The lowest BCUT2D eigenvalue weighted by molar-refractivity contribution is 0.727. The molecule has 1 heterocycles. The first-order valence-corrected chi connectivity index (χ1v) is 2.61. The van der Waals surface area contributed by atoms with Crippen LogP contribution in [0.2, 0.25) is 0 Å². The van der Waals surface area contributed by atoms with Crippen molar-refractivity contribution in [2.75, 3.05) is 0 Å². The van der Waals surface area contributed by atoms with Crippen molar-refractivity contribution in [1.82, 2.24) is 4.98 Å². The van der Waals surface area contributed by atoms with Gasteiger partial charge >= 0.3 is 0 Å². The Kier molecular flexibility index (Phi) is 1.96. The molecule has 0 radical (unpaired) electrons. The molecule has 1 rings (SSSR count). The Labute approximate surface area is 52.9 Å². The molecule has 0 saturated carbocycles. The molecule has 0 fully saturated rings. The highest BCUT2D eigenvalue weighted by molar-refractivity contribution is 5.41.